The second kappa shape index (κ2) is 9.08. The summed E-state index contributed by atoms with van der Waals surface area (Å²) in [5, 5.41) is 5.71. The summed E-state index contributed by atoms with van der Waals surface area (Å²) in [6.07, 6.45) is 0.435. The zero-order valence-corrected chi connectivity index (χ0v) is 20.4. The van der Waals surface area contributed by atoms with E-state index >= 15 is 0 Å². The van der Waals surface area contributed by atoms with Crippen LogP contribution in [0.2, 0.25) is 0 Å². The summed E-state index contributed by atoms with van der Waals surface area (Å²) in [4.78, 5) is 37.3. The molecule has 2 aromatic carbocycles. The van der Waals surface area contributed by atoms with Crippen molar-refractivity contribution in [3.05, 3.63) is 59.4 Å². The lowest BCUT2D eigenvalue weighted by atomic mass is 9.91. The van der Waals surface area contributed by atoms with Gasteiger partial charge in [-0.3, -0.25) is 4.79 Å². The summed E-state index contributed by atoms with van der Waals surface area (Å²) in [7, 11) is 1.21. The maximum absolute atomic E-state index is 14.3. The fourth-order valence-corrected chi connectivity index (χ4v) is 3.65. The minimum Gasteiger partial charge on any atom is -0.465 e. The van der Waals surface area contributed by atoms with E-state index in [9.17, 15) is 18.8 Å². The first-order valence-electron chi connectivity index (χ1n) is 11.1. The number of ether oxygens (including phenoxy) is 2. The molecule has 2 N–H and O–H groups in total. The summed E-state index contributed by atoms with van der Waals surface area (Å²) in [5.74, 6) is -1.70. The van der Waals surface area contributed by atoms with E-state index in [1.807, 2.05) is 26.0 Å². The molecule has 1 aliphatic rings. The Morgan fingerprint density at radius 1 is 0.971 bits per heavy atom. The van der Waals surface area contributed by atoms with Crippen LogP contribution in [0.15, 0.2) is 42.5 Å². The molecule has 2 amide bonds. The van der Waals surface area contributed by atoms with Gasteiger partial charge in [0.1, 0.15) is 22.5 Å². The zero-order chi connectivity index (χ0) is 25.3. The number of benzene rings is 2. The van der Waals surface area contributed by atoms with E-state index in [1.54, 1.807) is 39.0 Å². The third-order valence-corrected chi connectivity index (χ3v) is 5.67. The molecule has 0 radical (unpaired) electrons. The topological polar surface area (TPSA) is 93.7 Å². The van der Waals surface area contributed by atoms with Crippen LogP contribution in [-0.4, -0.2) is 36.2 Å². The van der Waals surface area contributed by atoms with Gasteiger partial charge in [0.2, 0.25) is 5.91 Å². The van der Waals surface area contributed by atoms with E-state index in [-0.39, 0.29) is 11.5 Å². The number of hydrogen-bond acceptors (Lipinski definition) is 5. The minimum absolute atomic E-state index is 0.130. The maximum Gasteiger partial charge on any atom is 0.408 e. The summed E-state index contributed by atoms with van der Waals surface area (Å²) in [6, 6.07) is 11.5. The Morgan fingerprint density at radius 3 is 2.12 bits per heavy atom. The average Bonchev–Trinajstić information content (AvgIpc) is 3.52. The van der Waals surface area contributed by atoms with Crippen LogP contribution in [0.3, 0.4) is 0 Å². The Hall–Kier alpha value is -3.42. The normalized spacial score (nSPS) is 14.7. The van der Waals surface area contributed by atoms with Gasteiger partial charge in [0, 0.05) is 0 Å². The molecule has 0 aliphatic heterocycles. The summed E-state index contributed by atoms with van der Waals surface area (Å²) < 4.78 is 24.3. The Balaban J connectivity index is 1.76. The van der Waals surface area contributed by atoms with Crippen molar-refractivity contribution in [3.63, 3.8) is 0 Å². The third-order valence-electron chi connectivity index (χ3n) is 5.67. The minimum atomic E-state index is -0.976. The van der Waals surface area contributed by atoms with Crippen LogP contribution in [-0.2, 0) is 19.8 Å². The number of carbonyl (C=O) groups excluding carboxylic acids is 3. The van der Waals surface area contributed by atoms with Crippen LogP contribution in [0.25, 0.3) is 11.1 Å². The number of alkyl carbamates (subject to hydrolysis) is 1. The van der Waals surface area contributed by atoms with Gasteiger partial charge < -0.3 is 20.1 Å². The molecular weight excluding hydrogens is 439 g/mol. The number of nitrogens with one attached hydrogen (secondary N) is 2. The molecule has 182 valence electrons. The van der Waals surface area contributed by atoms with E-state index in [4.69, 9.17) is 9.47 Å². The van der Waals surface area contributed by atoms with Crippen molar-refractivity contribution in [1.82, 2.24) is 10.6 Å². The molecule has 0 spiro atoms. The standard InChI is InChI=1S/C26H31FN2O5/c1-24(2,3)34-23(32)29-26(14-15-26)22(31)28-25(4,5)17-12-10-16(11-13-17)18-8-7-9-19(27)20(18)21(30)33-6/h7-13H,14-15H2,1-6H3,(H,28,31)(H,29,32). The van der Waals surface area contributed by atoms with Gasteiger partial charge >= 0.3 is 12.1 Å². The summed E-state index contributed by atoms with van der Waals surface area (Å²) >= 11 is 0. The van der Waals surface area contributed by atoms with Gasteiger partial charge in [-0.05, 0) is 70.2 Å². The van der Waals surface area contributed by atoms with E-state index < -0.39 is 34.6 Å². The summed E-state index contributed by atoms with van der Waals surface area (Å²) in [6.45, 7) is 8.99. The molecule has 3 rings (SSSR count). The zero-order valence-electron chi connectivity index (χ0n) is 20.4. The number of carbonyl (C=O) groups is 3. The maximum atomic E-state index is 14.3. The Bertz CT molecular complexity index is 1100. The van der Waals surface area contributed by atoms with E-state index in [0.29, 0.717) is 24.0 Å². The molecule has 0 aromatic heterocycles. The molecule has 0 saturated heterocycles. The van der Waals surface area contributed by atoms with Crippen molar-refractivity contribution in [3.8, 4) is 11.1 Å². The molecule has 1 fully saturated rings. The molecule has 0 heterocycles. The number of methoxy groups -OCH3 is 1. The van der Waals surface area contributed by atoms with Gasteiger partial charge in [0.25, 0.3) is 0 Å². The first-order chi connectivity index (χ1) is 15.8. The highest BCUT2D eigenvalue weighted by atomic mass is 19.1. The van der Waals surface area contributed by atoms with Crippen molar-refractivity contribution in [2.24, 2.45) is 0 Å². The van der Waals surface area contributed by atoms with Crippen molar-refractivity contribution >= 4 is 18.0 Å². The summed E-state index contributed by atoms with van der Waals surface area (Å²) in [5.41, 5.74) is -0.671. The van der Waals surface area contributed by atoms with Gasteiger partial charge in [0.05, 0.1) is 12.6 Å². The van der Waals surface area contributed by atoms with Crippen molar-refractivity contribution in [2.45, 2.75) is 64.1 Å². The number of amides is 2. The van der Waals surface area contributed by atoms with Crippen molar-refractivity contribution < 1.29 is 28.2 Å². The molecule has 1 saturated carbocycles. The van der Waals surface area contributed by atoms with Gasteiger partial charge in [-0.15, -0.1) is 0 Å². The molecule has 34 heavy (non-hydrogen) atoms. The largest absolute Gasteiger partial charge is 0.465 e. The Labute approximate surface area is 199 Å². The number of esters is 1. The second-order valence-corrected chi connectivity index (χ2v) is 10.0. The first kappa shape index (κ1) is 25.2. The van der Waals surface area contributed by atoms with E-state index in [0.717, 1.165) is 5.56 Å². The third kappa shape index (κ3) is 5.55. The Morgan fingerprint density at radius 2 is 1.59 bits per heavy atom. The first-order valence-corrected chi connectivity index (χ1v) is 11.1. The molecule has 1 aliphatic carbocycles. The van der Waals surface area contributed by atoms with Crippen molar-refractivity contribution in [1.29, 1.82) is 0 Å². The van der Waals surface area contributed by atoms with Crippen LogP contribution in [0.5, 0.6) is 0 Å². The van der Waals surface area contributed by atoms with E-state index in [2.05, 4.69) is 10.6 Å². The fourth-order valence-electron chi connectivity index (χ4n) is 3.65. The van der Waals surface area contributed by atoms with Crippen molar-refractivity contribution in [2.75, 3.05) is 7.11 Å². The molecule has 8 heteroatoms. The highest BCUT2D eigenvalue weighted by Crippen LogP contribution is 2.37. The molecule has 0 bridgehead atoms. The highest BCUT2D eigenvalue weighted by Gasteiger charge is 2.53. The fraction of sp³-hybridized carbons (Fsp3) is 0.423. The lowest BCUT2D eigenvalue weighted by molar-refractivity contribution is -0.126. The molecular formula is C26H31FN2O5. The van der Waals surface area contributed by atoms with Gasteiger partial charge in [-0.1, -0.05) is 36.4 Å². The SMILES string of the molecule is COC(=O)c1c(F)cccc1-c1ccc(C(C)(C)NC(=O)C2(NC(=O)OC(C)(C)C)CC2)cc1. The van der Waals surface area contributed by atoms with E-state index in [1.165, 1.54) is 19.2 Å². The smallest absolute Gasteiger partial charge is 0.408 e. The number of halogens is 1. The van der Waals surface area contributed by atoms with Gasteiger partial charge in [-0.25, -0.2) is 14.0 Å². The van der Waals surface area contributed by atoms with Crippen LogP contribution < -0.4 is 10.6 Å². The molecule has 0 atom stereocenters. The monoisotopic (exact) mass is 470 g/mol. The van der Waals surface area contributed by atoms with Crippen LogP contribution in [0, 0.1) is 5.82 Å². The molecule has 7 nitrogen and oxygen atoms in total. The van der Waals surface area contributed by atoms with Gasteiger partial charge in [0.15, 0.2) is 0 Å². The number of hydrogen-bond donors (Lipinski definition) is 2. The lowest BCUT2D eigenvalue weighted by Crippen LogP contribution is -2.54. The lowest BCUT2D eigenvalue weighted by Gasteiger charge is -2.30. The number of rotatable bonds is 6. The Kier molecular flexibility index (Phi) is 6.73. The van der Waals surface area contributed by atoms with Crippen LogP contribution in [0.4, 0.5) is 9.18 Å². The predicted molar refractivity (Wildman–Crippen MR) is 126 cm³/mol. The highest BCUT2D eigenvalue weighted by molar-refractivity contribution is 5.97. The predicted octanol–water partition coefficient (Wildman–Crippen LogP) is 4.69. The van der Waals surface area contributed by atoms with Crippen LogP contribution >= 0.6 is 0 Å². The quantitative estimate of drug-likeness (QED) is 0.598. The van der Waals surface area contributed by atoms with Gasteiger partial charge in [-0.2, -0.15) is 0 Å². The molecule has 2 aromatic rings. The second-order valence-electron chi connectivity index (χ2n) is 10.0. The van der Waals surface area contributed by atoms with Crippen LogP contribution in [0.1, 0.15) is 63.4 Å². The molecule has 0 unspecified atom stereocenters. The average molecular weight is 471 g/mol.